The third kappa shape index (κ3) is 6.72. The van der Waals surface area contributed by atoms with Crippen LogP contribution in [-0.2, 0) is 14.3 Å². The number of hydrogen-bond donors (Lipinski definition) is 3. The molecule has 0 fully saturated rings. The summed E-state index contributed by atoms with van der Waals surface area (Å²) in [4.78, 5) is 40.2. The fraction of sp³-hybridized carbons (Fsp3) is 0.346. The summed E-state index contributed by atoms with van der Waals surface area (Å²) in [5, 5.41) is 25.9. The Kier molecular flexibility index (Phi) is 9.01. The van der Waals surface area contributed by atoms with Crippen LogP contribution in [0.1, 0.15) is 30.7 Å². The number of nitrogens with one attached hydrogen (secondary N) is 2. The van der Waals surface area contributed by atoms with Gasteiger partial charge in [-0.2, -0.15) is 0 Å². The van der Waals surface area contributed by atoms with Gasteiger partial charge in [0.2, 0.25) is 6.29 Å². The molecule has 0 radical (unpaired) electrons. The number of carbonyl (C=O) groups is 1. The van der Waals surface area contributed by atoms with E-state index in [1.54, 1.807) is 30.3 Å². The van der Waals surface area contributed by atoms with Gasteiger partial charge in [0, 0.05) is 43.7 Å². The minimum Gasteiger partial charge on any atom is -0.464 e. The molecule has 3 aromatic rings. The molecule has 1 aliphatic heterocycles. The summed E-state index contributed by atoms with van der Waals surface area (Å²) < 4.78 is 17.3. The molecule has 0 bridgehead atoms. The third-order valence-corrected chi connectivity index (χ3v) is 5.92. The molecule has 3 heterocycles. The number of nitro groups is 1. The second-order valence-corrected chi connectivity index (χ2v) is 8.58. The number of fused-ring (bicyclic) bond motifs is 1. The zero-order chi connectivity index (χ0) is 26.9. The van der Waals surface area contributed by atoms with Crippen molar-refractivity contribution in [3.05, 3.63) is 86.6 Å². The van der Waals surface area contributed by atoms with Gasteiger partial charge in [-0.15, -0.1) is 0 Å². The van der Waals surface area contributed by atoms with Gasteiger partial charge in [0.15, 0.2) is 11.2 Å². The van der Waals surface area contributed by atoms with Gasteiger partial charge >= 0.3 is 0 Å². The maximum atomic E-state index is 13.2. The predicted octanol–water partition coefficient (Wildman–Crippen LogP) is 2.83. The minimum absolute atomic E-state index is 0.0226. The van der Waals surface area contributed by atoms with Gasteiger partial charge in [-0.25, -0.2) is 4.98 Å². The number of amides is 1. The lowest BCUT2D eigenvalue weighted by molar-refractivity contribution is -0.385. The molecule has 1 aliphatic rings. The number of aliphatic hydroxyl groups excluding tert-OH is 1. The fourth-order valence-electron chi connectivity index (χ4n) is 3.96. The summed E-state index contributed by atoms with van der Waals surface area (Å²) in [6, 6.07) is 9.76. The van der Waals surface area contributed by atoms with Crippen molar-refractivity contribution in [2.45, 2.75) is 31.5 Å². The van der Waals surface area contributed by atoms with Gasteiger partial charge in [0.25, 0.3) is 11.6 Å². The number of para-hydroxylation sites is 1. The highest BCUT2D eigenvalue weighted by molar-refractivity contribution is 5.91. The second-order valence-electron chi connectivity index (χ2n) is 8.58. The number of aromatic nitrogens is 1. The number of hydrogen-bond acceptors (Lipinski definition) is 10. The zero-order valence-corrected chi connectivity index (χ0v) is 20.5. The van der Waals surface area contributed by atoms with Crippen LogP contribution < -0.4 is 16.1 Å². The standard InChI is InChI=1S/C26H28N4O8/c31-11-3-4-12-36-24-14-17(20-16-37-21-6-2-1-5-19(21)25(20)32)13-22(38-24)26(33)28-10-9-27-23-8-7-18(15-29-23)30(34)35/h1-2,5-8,13,15-17,24,31H,3-4,9-12,14H2,(H,27,29)(H,28,33). The lowest BCUT2D eigenvalue weighted by Gasteiger charge is -2.29. The molecule has 4 rings (SSSR count). The Morgan fingerprint density at radius 1 is 1.21 bits per heavy atom. The maximum absolute atomic E-state index is 13.2. The number of allylic oxidation sites excluding steroid dienone is 1. The summed E-state index contributed by atoms with van der Waals surface area (Å²) in [5.74, 6) is -0.509. The van der Waals surface area contributed by atoms with E-state index in [1.807, 2.05) is 0 Å². The summed E-state index contributed by atoms with van der Waals surface area (Å²) in [6.45, 7) is 0.892. The van der Waals surface area contributed by atoms with Crippen LogP contribution in [0.25, 0.3) is 11.0 Å². The van der Waals surface area contributed by atoms with Crippen molar-refractivity contribution >= 4 is 28.4 Å². The van der Waals surface area contributed by atoms with Crippen LogP contribution in [0, 0.1) is 10.1 Å². The Morgan fingerprint density at radius 3 is 2.82 bits per heavy atom. The highest BCUT2D eigenvalue weighted by Gasteiger charge is 2.30. The molecule has 2 atom stereocenters. The Morgan fingerprint density at radius 2 is 2.05 bits per heavy atom. The van der Waals surface area contributed by atoms with Gasteiger partial charge in [-0.05, 0) is 37.1 Å². The smallest absolute Gasteiger partial charge is 0.287 e. The maximum Gasteiger partial charge on any atom is 0.287 e. The fourth-order valence-corrected chi connectivity index (χ4v) is 3.96. The number of aliphatic hydroxyl groups is 1. The first kappa shape index (κ1) is 26.8. The first-order valence-corrected chi connectivity index (χ1v) is 12.2. The van der Waals surface area contributed by atoms with E-state index < -0.39 is 23.0 Å². The van der Waals surface area contributed by atoms with E-state index in [2.05, 4.69) is 15.6 Å². The highest BCUT2D eigenvalue weighted by atomic mass is 16.7. The number of rotatable bonds is 12. The van der Waals surface area contributed by atoms with Crippen molar-refractivity contribution in [3.63, 3.8) is 0 Å². The zero-order valence-electron chi connectivity index (χ0n) is 20.5. The Labute approximate surface area is 217 Å². The first-order chi connectivity index (χ1) is 18.5. The average Bonchev–Trinajstić information content (AvgIpc) is 2.94. The molecular weight excluding hydrogens is 496 g/mol. The molecule has 12 heteroatoms. The van der Waals surface area contributed by atoms with Crippen LogP contribution in [-0.4, -0.2) is 53.5 Å². The Balaban J connectivity index is 1.43. The Bertz CT molecular complexity index is 1360. The van der Waals surface area contributed by atoms with Gasteiger partial charge in [-0.3, -0.25) is 19.7 Å². The summed E-state index contributed by atoms with van der Waals surface area (Å²) in [7, 11) is 0. The Hall–Kier alpha value is -4.29. The lowest BCUT2D eigenvalue weighted by atomic mass is 9.93. The molecule has 2 unspecified atom stereocenters. The largest absolute Gasteiger partial charge is 0.464 e. The van der Waals surface area contributed by atoms with E-state index in [0.29, 0.717) is 54.8 Å². The van der Waals surface area contributed by atoms with Crippen molar-refractivity contribution in [2.75, 3.05) is 31.6 Å². The number of benzene rings is 1. The number of anilines is 1. The third-order valence-electron chi connectivity index (χ3n) is 5.92. The van der Waals surface area contributed by atoms with Crippen LogP contribution in [0.4, 0.5) is 11.5 Å². The molecule has 1 amide bonds. The van der Waals surface area contributed by atoms with Crippen LogP contribution in [0.15, 0.2) is 69.9 Å². The van der Waals surface area contributed by atoms with Crippen LogP contribution in [0.3, 0.4) is 0 Å². The number of carbonyl (C=O) groups excluding carboxylic acids is 1. The van der Waals surface area contributed by atoms with Crippen LogP contribution >= 0.6 is 0 Å². The normalized spacial score (nSPS) is 16.9. The van der Waals surface area contributed by atoms with Crippen LogP contribution in [0.2, 0.25) is 0 Å². The molecule has 0 aliphatic carbocycles. The molecular formula is C26H28N4O8. The summed E-state index contributed by atoms with van der Waals surface area (Å²) in [5.41, 5.74) is 0.566. The van der Waals surface area contributed by atoms with Crippen LogP contribution in [0.5, 0.6) is 0 Å². The number of pyridine rings is 1. The quantitative estimate of drug-likeness (QED) is 0.182. The van der Waals surface area contributed by atoms with E-state index in [4.69, 9.17) is 19.0 Å². The van der Waals surface area contributed by atoms with Crippen molar-refractivity contribution < 1.29 is 28.7 Å². The minimum atomic E-state index is -0.766. The topological polar surface area (TPSA) is 166 Å². The molecule has 38 heavy (non-hydrogen) atoms. The molecule has 1 aromatic carbocycles. The van der Waals surface area contributed by atoms with E-state index in [1.165, 1.54) is 18.4 Å². The molecule has 0 saturated heterocycles. The van der Waals surface area contributed by atoms with Gasteiger partial charge < -0.3 is 29.6 Å². The first-order valence-electron chi connectivity index (χ1n) is 12.2. The van der Waals surface area contributed by atoms with Crippen molar-refractivity contribution in [1.29, 1.82) is 0 Å². The number of unbranched alkanes of at least 4 members (excludes halogenated alkanes) is 1. The van der Waals surface area contributed by atoms with Gasteiger partial charge in [0.05, 0.1) is 23.2 Å². The monoisotopic (exact) mass is 524 g/mol. The predicted molar refractivity (Wildman–Crippen MR) is 137 cm³/mol. The number of nitrogens with zero attached hydrogens (tertiary/aromatic N) is 2. The van der Waals surface area contributed by atoms with Crippen molar-refractivity contribution in [1.82, 2.24) is 10.3 Å². The summed E-state index contributed by atoms with van der Waals surface area (Å²) in [6.07, 6.45) is 4.89. The van der Waals surface area contributed by atoms with Gasteiger partial charge in [0.1, 0.15) is 17.6 Å². The highest BCUT2D eigenvalue weighted by Crippen LogP contribution is 2.31. The molecule has 12 nitrogen and oxygen atoms in total. The van der Waals surface area contributed by atoms with Crippen molar-refractivity contribution in [2.24, 2.45) is 0 Å². The number of ether oxygens (including phenoxy) is 2. The van der Waals surface area contributed by atoms with E-state index in [9.17, 15) is 19.7 Å². The van der Waals surface area contributed by atoms with Gasteiger partial charge in [-0.1, -0.05) is 12.1 Å². The van der Waals surface area contributed by atoms with E-state index >= 15 is 0 Å². The summed E-state index contributed by atoms with van der Waals surface area (Å²) >= 11 is 0. The lowest BCUT2D eigenvalue weighted by Crippen LogP contribution is -2.35. The SMILES string of the molecule is O=C(NCCNc1ccc([N+](=O)[O-])cn1)C1=CC(c2coc3ccccc3c2=O)CC(OCCCCO)O1. The second kappa shape index (κ2) is 12.8. The van der Waals surface area contributed by atoms with E-state index in [0.717, 1.165) is 6.20 Å². The molecule has 200 valence electrons. The molecule has 0 spiro atoms. The molecule has 3 N–H and O–H groups in total. The van der Waals surface area contributed by atoms with E-state index in [-0.39, 0.29) is 30.0 Å². The molecule has 2 aromatic heterocycles. The average molecular weight is 525 g/mol. The molecule has 0 saturated carbocycles. The van der Waals surface area contributed by atoms with Crippen molar-refractivity contribution in [3.8, 4) is 0 Å².